The first-order chi connectivity index (χ1) is 13.0. The minimum absolute atomic E-state index is 0.214. The summed E-state index contributed by atoms with van der Waals surface area (Å²) in [5.74, 6) is -1.22. The van der Waals surface area contributed by atoms with Gasteiger partial charge in [-0.2, -0.15) is 0 Å². The Morgan fingerprint density at radius 3 is 2.78 bits per heavy atom. The maximum absolute atomic E-state index is 12.4. The molecule has 27 heavy (non-hydrogen) atoms. The molecule has 0 spiro atoms. The largest absolute Gasteiger partial charge is 0.480 e. The van der Waals surface area contributed by atoms with Gasteiger partial charge in [-0.3, -0.25) is 14.5 Å². The van der Waals surface area contributed by atoms with Gasteiger partial charge < -0.3 is 10.0 Å². The highest BCUT2D eigenvalue weighted by atomic mass is 32.2. The normalized spacial score (nSPS) is 25.3. The van der Waals surface area contributed by atoms with Crippen LogP contribution in [0.1, 0.15) is 0 Å². The molecule has 2 aliphatic heterocycles. The first-order valence-corrected chi connectivity index (χ1v) is 9.64. The third-order valence-corrected chi connectivity index (χ3v) is 5.95. The van der Waals surface area contributed by atoms with Gasteiger partial charge in [0.15, 0.2) is 0 Å². The van der Waals surface area contributed by atoms with Crippen molar-refractivity contribution in [1.82, 2.24) is 4.90 Å². The number of thiocarbonyl (C=S) groups is 1. The second kappa shape index (κ2) is 7.17. The van der Waals surface area contributed by atoms with Gasteiger partial charge in [0.2, 0.25) is 0 Å². The van der Waals surface area contributed by atoms with E-state index in [1.165, 1.54) is 0 Å². The van der Waals surface area contributed by atoms with Crippen LogP contribution in [-0.4, -0.2) is 38.8 Å². The second-order valence-electron chi connectivity index (χ2n) is 6.34. The first kappa shape index (κ1) is 17.8. The average molecular weight is 396 g/mol. The van der Waals surface area contributed by atoms with Crippen molar-refractivity contribution in [2.75, 3.05) is 11.4 Å². The van der Waals surface area contributed by atoms with E-state index in [0.717, 1.165) is 27.9 Å². The second-order valence-corrected chi connectivity index (χ2v) is 8.02. The van der Waals surface area contributed by atoms with E-state index in [2.05, 4.69) is 41.5 Å². The van der Waals surface area contributed by atoms with Crippen LogP contribution in [0.4, 0.5) is 5.69 Å². The number of hydrogen-bond acceptors (Lipinski definition) is 5. The lowest BCUT2D eigenvalue weighted by molar-refractivity contribution is -0.140. The molecule has 5 nitrogen and oxygen atoms in total. The lowest BCUT2D eigenvalue weighted by Crippen LogP contribution is -2.33. The number of benzene rings is 1. The number of anilines is 1. The van der Waals surface area contributed by atoms with E-state index in [1.54, 1.807) is 6.08 Å². The quantitative estimate of drug-likeness (QED) is 0.622. The molecule has 1 aliphatic carbocycles. The summed E-state index contributed by atoms with van der Waals surface area (Å²) >= 11 is 6.28. The van der Waals surface area contributed by atoms with Gasteiger partial charge in [-0.15, -0.1) is 0 Å². The fourth-order valence-corrected chi connectivity index (χ4v) is 4.59. The third kappa shape index (κ3) is 3.48. The van der Waals surface area contributed by atoms with Crippen LogP contribution in [0.3, 0.4) is 0 Å². The van der Waals surface area contributed by atoms with Crippen molar-refractivity contribution in [3.05, 3.63) is 77.4 Å². The highest BCUT2D eigenvalue weighted by molar-refractivity contribution is 8.26. The molecule has 7 heteroatoms. The predicted octanol–water partition coefficient (Wildman–Crippen LogP) is 3.33. The number of carbonyl (C=O) groups is 2. The molecule has 1 saturated heterocycles. The lowest BCUT2D eigenvalue weighted by Gasteiger charge is -2.28. The molecule has 0 saturated carbocycles. The molecule has 4 rings (SSSR count). The molecule has 136 valence electrons. The van der Waals surface area contributed by atoms with Crippen molar-refractivity contribution in [1.29, 1.82) is 0 Å². The number of allylic oxidation sites excluding steroid dienone is 3. The summed E-state index contributed by atoms with van der Waals surface area (Å²) in [5.41, 5.74) is 2.06. The minimum Gasteiger partial charge on any atom is -0.480 e. The zero-order chi connectivity index (χ0) is 19.0. The molecule has 2 atom stereocenters. The van der Waals surface area contributed by atoms with Gasteiger partial charge in [0.1, 0.15) is 10.9 Å². The number of para-hydroxylation sites is 1. The van der Waals surface area contributed by atoms with E-state index in [9.17, 15) is 9.59 Å². The van der Waals surface area contributed by atoms with Crippen LogP contribution in [0.15, 0.2) is 77.4 Å². The van der Waals surface area contributed by atoms with Crippen LogP contribution >= 0.6 is 24.0 Å². The molecule has 2 unspecified atom stereocenters. The lowest BCUT2D eigenvalue weighted by atomic mass is 9.92. The van der Waals surface area contributed by atoms with Crippen LogP contribution in [0.5, 0.6) is 0 Å². The van der Waals surface area contributed by atoms with Gasteiger partial charge >= 0.3 is 5.97 Å². The van der Waals surface area contributed by atoms with Crippen molar-refractivity contribution in [3.63, 3.8) is 0 Å². The molecular weight excluding hydrogens is 380 g/mol. The number of carbonyl (C=O) groups excluding carboxylic acids is 1. The number of nitrogens with zero attached hydrogens (tertiary/aromatic N) is 2. The van der Waals surface area contributed by atoms with Crippen LogP contribution in [-0.2, 0) is 9.59 Å². The van der Waals surface area contributed by atoms with E-state index in [-0.39, 0.29) is 22.2 Å². The summed E-state index contributed by atoms with van der Waals surface area (Å²) in [5, 5.41) is 8.92. The topological polar surface area (TPSA) is 60.9 Å². The van der Waals surface area contributed by atoms with E-state index in [4.69, 9.17) is 17.3 Å². The van der Waals surface area contributed by atoms with Crippen LogP contribution in [0.25, 0.3) is 0 Å². The Bertz CT molecular complexity index is 934. The zero-order valence-electron chi connectivity index (χ0n) is 14.2. The van der Waals surface area contributed by atoms with Gasteiger partial charge in [-0.25, -0.2) is 0 Å². The molecule has 1 amide bonds. The van der Waals surface area contributed by atoms with Crippen LogP contribution < -0.4 is 4.90 Å². The molecule has 1 aromatic rings. The van der Waals surface area contributed by atoms with E-state index in [1.807, 2.05) is 24.3 Å². The van der Waals surface area contributed by atoms with Crippen LogP contribution in [0, 0.1) is 5.92 Å². The summed E-state index contributed by atoms with van der Waals surface area (Å²) in [6.07, 6.45) is 12.3. The fraction of sp³-hybridized carbons (Fsp3) is 0.150. The molecule has 0 bridgehead atoms. The van der Waals surface area contributed by atoms with Crippen molar-refractivity contribution >= 4 is 45.9 Å². The molecule has 2 heterocycles. The van der Waals surface area contributed by atoms with Gasteiger partial charge in [-0.05, 0) is 23.8 Å². The van der Waals surface area contributed by atoms with Gasteiger partial charge in [0.05, 0.1) is 10.9 Å². The minimum atomic E-state index is -1.08. The highest BCUT2D eigenvalue weighted by Crippen LogP contribution is 2.36. The monoisotopic (exact) mass is 396 g/mol. The average Bonchev–Trinajstić information content (AvgIpc) is 3.18. The number of carboxylic acids is 1. The molecule has 0 aromatic heterocycles. The van der Waals surface area contributed by atoms with Crippen molar-refractivity contribution < 1.29 is 14.7 Å². The van der Waals surface area contributed by atoms with Crippen molar-refractivity contribution in [2.45, 2.75) is 6.04 Å². The number of carboxylic acid groups (broad SMARTS) is 1. The number of aliphatic carboxylic acids is 1. The predicted molar refractivity (Wildman–Crippen MR) is 110 cm³/mol. The van der Waals surface area contributed by atoms with Gasteiger partial charge in [-0.1, -0.05) is 66.5 Å². The molecule has 1 aromatic carbocycles. The Morgan fingerprint density at radius 2 is 2.04 bits per heavy atom. The Morgan fingerprint density at radius 1 is 1.26 bits per heavy atom. The Labute approximate surface area is 166 Å². The van der Waals surface area contributed by atoms with Crippen molar-refractivity contribution in [2.24, 2.45) is 5.92 Å². The zero-order valence-corrected chi connectivity index (χ0v) is 15.8. The first-order valence-electron chi connectivity index (χ1n) is 8.42. The maximum atomic E-state index is 12.4. The standard InChI is InChI=1S/C20H16N2O3S2/c23-18(24)12-22-19(25)17(27-20(22)26)11-13-6-7-16-14(10-13)8-9-21(16)15-4-2-1-3-5-15/h1-11,14,16H,12H2,(H,23,24). The smallest absolute Gasteiger partial charge is 0.323 e. The van der Waals surface area contributed by atoms with Crippen LogP contribution in [0.2, 0.25) is 0 Å². The SMILES string of the molecule is O=C(O)CN1C(=O)C(=CC2=CC3C=CN(c4ccccc4)C3C=C2)SC1=S. The number of fused-ring (bicyclic) bond motifs is 1. The van der Waals surface area contributed by atoms with Crippen molar-refractivity contribution in [3.8, 4) is 0 Å². The Hall–Kier alpha value is -2.64. The number of thioether (sulfide) groups is 1. The number of rotatable bonds is 4. The maximum Gasteiger partial charge on any atom is 0.323 e. The summed E-state index contributed by atoms with van der Waals surface area (Å²) in [4.78, 5) is 27.1. The summed E-state index contributed by atoms with van der Waals surface area (Å²) < 4.78 is 0.280. The molecule has 1 fully saturated rings. The summed E-state index contributed by atoms with van der Waals surface area (Å²) in [6.45, 7) is -0.406. The van der Waals surface area contributed by atoms with E-state index in [0.29, 0.717) is 4.91 Å². The Kier molecular flexibility index (Phi) is 4.72. The summed E-state index contributed by atoms with van der Waals surface area (Å²) in [6, 6.07) is 10.4. The highest BCUT2D eigenvalue weighted by Gasteiger charge is 2.34. The fourth-order valence-electron chi connectivity index (χ4n) is 3.33. The van der Waals surface area contributed by atoms with E-state index >= 15 is 0 Å². The molecule has 0 radical (unpaired) electrons. The Balaban J connectivity index is 1.52. The number of amides is 1. The van der Waals surface area contributed by atoms with E-state index < -0.39 is 12.5 Å². The third-order valence-electron chi connectivity index (χ3n) is 4.57. The van der Waals surface area contributed by atoms with Gasteiger partial charge in [0.25, 0.3) is 5.91 Å². The number of hydrogen-bond donors (Lipinski definition) is 1. The molecule has 1 N–H and O–H groups in total. The summed E-state index contributed by atoms with van der Waals surface area (Å²) in [7, 11) is 0. The molecule has 3 aliphatic rings. The van der Waals surface area contributed by atoms with Gasteiger partial charge in [0, 0.05) is 17.8 Å². The molecular formula is C20H16N2O3S2.